The van der Waals surface area contributed by atoms with Gasteiger partial charge in [-0.2, -0.15) is 16.1 Å². The largest absolute Gasteiger partial charge is 0.378 e. The molecule has 10 heteroatoms. The second-order valence-corrected chi connectivity index (χ2v) is 11.6. The van der Waals surface area contributed by atoms with Crippen LogP contribution in [0.4, 0.5) is 5.69 Å². The van der Waals surface area contributed by atoms with Crippen LogP contribution in [0.5, 0.6) is 0 Å². The molecular weight excluding hydrogens is 454 g/mol. The highest BCUT2D eigenvalue weighted by molar-refractivity contribution is 7.99. The summed E-state index contributed by atoms with van der Waals surface area (Å²) in [5.74, 6) is 1.30. The minimum atomic E-state index is -3.65. The van der Waals surface area contributed by atoms with E-state index in [0.29, 0.717) is 19.6 Å². The Morgan fingerprint density at radius 1 is 1.06 bits per heavy atom. The first-order valence-electron chi connectivity index (χ1n) is 10.3. The van der Waals surface area contributed by atoms with Crippen LogP contribution < -0.4 is 4.90 Å². The molecule has 0 spiro atoms. The predicted molar refractivity (Wildman–Crippen MR) is 126 cm³/mol. The number of carbonyl (C=O) groups is 1. The summed E-state index contributed by atoms with van der Waals surface area (Å²) in [6.45, 7) is 4.62. The van der Waals surface area contributed by atoms with Crippen molar-refractivity contribution in [3.8, 4) is 0 Å². The fourth-order valence-electron chi connectivity index (χ4n) is 3.74. The molecule has 3 heterocycles. The molecular formula is C21H27N3O4S3. The molecule has 4 rings (SSSR count). The van der Waals surface area contributed by atoms with Crippen LogP contribution in [0, 0.1) is 0 Å². The number of hydrogen-bond donors (Lipinski definition) is 0. The lowest BCUT2D eigenvalue weighted by Gasteiger charge is -2.29. The summed E-state index contributed by atoms with van der Waals surface area (Å²) >= 11 is 2.94. The van der Waals surface area contributed by atoms with E-state index in [1.54, 1.807) is 35.2 Å². The lowest BCUT2D eigenvalue weighted by atomic mass is 10.1. The van der Waals surface area contributed by atoms with Crippen LogP contribution >= 0.6 is 23.1 Å². The Morgan fingerprint density at radius 2 is 1.74 bits per heavy atom. The number of sulfonamides is 1. The Labute approximate surface area is 192 Å². The van der Waals surface area contributed by atoms with E-state index in [2.05, 4.69) is 17.0 Å². The van der Waals surface area contributed by atoms with Crippen LogP contribution in [0.2, 0.25) is 0 Å². The number of thioether (sulfide) groups is 1. The highest BCUT2D eigenvalue weighted by Crippen LogP contribution is 2.28. The molecule has 168 valence electrons. The van der Waals surface area contributed by atoms with Gasteiger partial charge < -0.3 is 14.5 Å². The first-order chi connectivity index (χ1) is 15.0. The normalized spacial score (nSPS) is 18.2. The highest BCUT2D eigenvalue weighted by atomic mass is 32.2. The number of amides is 1. The third-order valence-corrected chi connectivity index (χ3v) is 9.41. The maximum Gasteiger partial charge on any atom is 0.265 e. The molecule has 1 aromatic carbocycles. The van der Waals surface area contributed by atoms with E-state index in [9.17, 15) is 13.2 Å². The monoisotopic (exact) mass is 481 g/mol. The number of ether oxygens (including phenoxy) is 1. The first-order valence-corrected chi connectivity index (χ1v) is 13.8. The van der Waals surface area contributed by atoms with Crippen molar-refractivity contribution in [1.82, 2.24) is 9.21 Å². The smallest absolute Gasteiger partial charge is 0.265 e. The fourth-order valence-corrected chi connectivity index (χ4v) is 7.70. The van der Waals surface area contributed by atoms with Crippen molar-refractivity contribution in [3.05, 3.63) is 46.2 Å². The molecule has 2 aliphatic heterocycles. The Kier molecular flexibility index (Phi) is 7.22. The van der Waals surface area contributed by atoms with E-state index in [-0.39, 0.29) is 15.7 Å². The molecule has 0 radical (unpaired) electrons. The fraction of sp³-hybridized carbons (Fsp3) is 0.476. The number of benzene rings is 1. The molecule has 2 fully saturated rings. The number of rotatable bonds is 6. The summed E-state index contributed by atoms with van der Waals surface area (Å²) in [5, 5.41) is 1.68. The van der Waals surface area contributed by atoms with Crippen molar-refractivity contribution in [3.63, 3.8) is 0 Å². The van der Waals surface area contributed by atoms with Crippen LogP contribution in [0.1, 0.15) is 15.2 Å². The zero-order valence-electron chi connectivity index (χ0n) is 17.5. The van der Waals surface area contributed by atoms with E-state index in [4.69, 9.17) is 4.74 Å². The summed E-state index contributed by atoms with van der Waals surface area (Å²) in [4.78, 5) is 17.4. The minimum absolute atomic E-state index is 0.129. The number of carbonyl (C=O) groups excluding carboxylic acids is 1. The van der Waals surface area contributed by atoms with E-state index < -0.39 is 10.0 Å². The molecule has 0 saturated carbocycles. The molecule has 7 nitrogen and oxygen atoms in total. The van der Waals surface area contributed by atoms with Gasteiger partial charge in [0.2, 0.25) is 10.0 Å². The number of hydrogen-bond acceptors (Lipinski definition) is 7. The summed E-state index contributed by atoms with van der Waals surface area (Å²) in [6.07, 6.45) is 0. The molecule has 1 aromatic heterocycles. The first kappa shape index (κ1) is 22.6. The van der Waals surface area contributed by atoms with Gasteiger partial charge in [0.25, 0.3) is 5.91 Å². The maximum absolute atomic E-state index is 13.1. The van der Waals surface area contributed by atoms with Crippen molar-refractivity contribution >= 4 is 44.7 Å². The standard InChI is InChI=1S/C21H27N3O4S3/c1-22(16-17-2-4-18(5-3-17)23-7-11-28-12-8-23)21(25)20-19(6-13-30-20)31(26,27)24-9-14-29-15-10-24/h2-6,13H,7-12,14-16H2,1H3. The maximum atomic E-state index is 13.1. The molecule has 0 bridgehead atoms. The van der Waals surface area contributed by atoms with E-state index in [1.807, 2.05) is 12.1 Å². The van der Waals surface area contributed by atoms with Crippen LogP contribution in [-0.2, 0) is 21.3 Å². The number of nitrogens with zero attached hydrogens (tertiary/aromatic N) is 3. The zero-order valence-corrected chi connectivity index (χ0v) is 20.0. The van der Waals surface area contributed by atoms with Gasteiger partial charge in [0.05, 0.1) is 13.2 Å². The number of morpholine rings is 1. The SMILES string of the molecule is CN(Cc1ccc(N2CCOCC2)cc1)C(=O)c1sccc1S(=O)(=O)N1CCSCC1. The van der Waals surface area contributed by atoms with Gasteiger partial charge in [-0.05, 0) is 29.1 Å². The van der Waals surface area contributed by atoms with Crippen molar-refractivity contribution in [1.29, 1.82) is 0 Å². The second kappa shape index (κ2) is 9.91. The van der Waals surface area contributed by atoms with Crippen LogP contribution in [0.15, 0.2) is 40.6 Å². The lowest BCUT2D eigenvalue weighted by molar-refractivity contribution is 0.0786. The van der Waals surface area contributed by atoms with Gasteiger partial charge in [-0.1, -0.05) is 12.1 Å². The third-order valence-electron chi connectivity index (χ3n) is 5.49. The summed E-state index contributed by atoms with van der Waals surface area (Å²) in [5.41, 5.74) is 2.15. The molecule has 31 heavy (non-hydrogen) atoms. The Bertz CT molecular complexity index is 995. The van der Waals surface area contributed by atoms with E-state index in [1.165, 1.54) is 15.6 Å². The van der Waals surface area contributed by atoms with E-state index >= 15 is 0 Å². The minimum Gasteiger partial charge on any atom is -0.378 e. The van der Waals surface area contributed by atoms with Gasteiger partial charge in [-0.25, -0.2) is 8.42 Å². The number of anilines is 1. The van der Waals surface area contributed by atoms with Crippen molar-refractivity contribution in [2.24, 2.45) is 0 Å². The molecule has 0 atom stereocenters. The van der Waals surface area contributed by atoms with Crippen LogP contribution in [0.25, 0.3) is 0 Å². The van der Waals surface area contributed by atoms with Crippen molar-refractivity contribution in [2.75, 3.05) is 62.8 Å². The summed E-state index contributed by atoms with van der Waals surface area (Å²) in [7, 11) is -1.94. The van der Waals surface area contributed by atoms with Crippen LogP contribution in [-0.4, -0.2) is 81.5 Å². The molecule has 2 aromatic rings. The highest BCUT2D eigenvalue weighted by Gasteiger charge is 2.32. The van der Waals surface area contributed by atoms with Gasteiger partial charge in [-0.3, -0.25) is 4.79 Å². The van der Waals surface area contributed by atoms with Crippen molar-refractivity contribution < 1.29 is 17.9 Å². The molecule has 2 aliphatic rings. The van der Waals surface area contributed by atoms with Crippen molar-refractivity contribution in [2.45, 2.75) is 11.4 Å². The average molecular weight is 482 g/mol. The summed E-state index contributed by atoms with van der Waals surface area (Å²) < 4.78 is 33.1. The van der Waals surface area contributed by atoms with Gasteiger partial charge in [0.1, 0.15) is 9.77 Å². The lowest BCUT2D eigenvalue weighted by Crippen LogP contribution is -2.38. The molecule has 0 aliphatic carbocycles. The topological polar surface area (TPSA) is 70.2 Å². The molecule has 1 amide bonds. The average Bonchev–Trinajstić information content (AvgIpc) is 3.31. The quantitative estimate of drug-likeness (QED) is 0.632. The van der Waals surface area contributed by atoms with Gasteiger partial charge >= 0.3 is 0 Å². The molecule has 0 N–H and O–H groups in total. The van der Waals surface area contributed by atoms with Gasteiger partial charge in [-0.15, -0.1) is 11.3 Å². The molecule has 2 saturated heterocycles. The Hall–Kier alpha value is -1.59. The Balaban J connectivity index is 1.45. The predicted octanol–water partition coefficient (Wildman–Crippen LogP) is 2.59. The van der Waals surface area contributed by atoms with Gasteiger partial charge in [0.15, 0.2) is 0 Å². The van der Waals surface area contributed by atoms with Gasteiger partial charge in [0, 0.05) is 57.0 Å². The zero-order chi connectivity index (χ0) is 21.8. The summed E-state index contributed by atoms with van der Waals surface area (Å²) in [6, 6.07) is 9.72. The number of thiophene rings is 1. The van der Waals surface area contributed by atoms with Crippen LogP contribution in [0.3, 0.4) is 0 Å². The second-order valence-electron chi connectivity index (χ2n) is 7.56. The third kappa shape index (κ3) is 5.09. The molecule has 0 unspecified atom stereocenters. The van der Waals surface area contributed by atoms with E-state index in [0.717, 1.165) is 49.1 Å². The Morgan fingerprint density at radius 3 is 2.42 bits per heavy atom.